The number of esters is 1. The molecule has 0 aromatic heterocycles. The van der Waals surface area contributed by atoms with Gasteiger partial charge in [-0.3, -0.25) is 4.79 Å². The summed E-state index contributed by atoms with van der Waals surface area (Å²) in [6, 6.07) is 7.94. The van der Waals surface area contributed by atoms with Crippen LogP contribution in [-0.2, 0) is 19.1 Å². The molecule has 1 aromatic rings. The van der Waals surface area contributed by atoms with E-state index >= 15 is 0 Å². The largest absolute Gasteiger partial charge is 0.466 e. The van der Waals surface area contributed by atoms with Crippen LogP contribution in [0.25, 0.3) is 0 Å². The van der Waals surface area contributed by atoms with Crippen molar-refractivity contribution in [3.63, 3.8) is 0 Å². The molecule has 34 heavy (non-hydrogen) atoms. The molecule has 1 amide bonds. The van der Waals surface area contributed by atoms with Crippen LogP contribution in [0, 0.1) is 0 Å². The van der Waals surface area contributed by atoms with Gasteiger partial charge >= 0.3 is 5.97 Å². The fourth-order valence-corrected chi connectivity index (χ4v) is 5.49. The van der Waals surface area contributed by atoms with Crippen LogP contribution in [0.4, 0.5) is 0 Å². The molecule has 0 spiro atoms. The molecular formula is C26H33N3O4S. The summed E-state index contributed by atoms with van der Waals surface area (Å²) in [6.07, 6.45) is 2.92. The molecule has 3 aliphatic heterocycles. The Morgan fingerprint density at radius 1 is 1.29 bits per heavy atom. The second-order valence-corrected chi connectivity index (χ2v) is 9.87. The van der Waals surface area contributed by atoms with E-state index in [1.165, 1.54) is 24.4 Å². The Morgan fingerprint density at radius 2 is 2.06 bits per heavy atom. The number of carbonyl (C=O) groups is 2. The van der Waals surface area contributed by atoms with E-state index in [-0.39, 0.29) is 18.4 Å². The molecule has 3 aliphatic rings. The van der Waals surface area contributed by atoms with Gasteiger partial charge in [0.15, 0.2) is 5.17 Å². The number of thioether (sulfide) groups is 1. The summed E-state index contributed by atoms with van der Waals surface area (Å²) in [5.41, 5.74) is 4.27. The molecule has 1 fully saturated rings. The first kappa shape index (κ1) is 24.5. The Morgan fingerprint density at radius 3 is 2.68 bits per heavy atom. The monoisotopic (exact) mass is 483 g/mol. The molecule has 1 aromatic carbocycles. The quantitative estimate of drug-likeness (QED) is 0.543. The number of rotatable bonds is 8. The first-order chi connectivity index (χ1) is 16.4. The number of methoxy groups -OCH3 is 1. The van der Waals surface area contributed by atoms with E-state index in [0.29, 0.717) is 24.5 Å². The third-order valence-corrected chi connectivity index (χ3v) is 7.33. The van der Waals surface area contributed by atoms with Gasteiger partial charge < -0.3 is 19.7 Å². The molecule has 8 heteroatoms. The van der Waals surface area contributed by atoms with Crippen molar-refractivity contribution in [2.75, 3.05) is 20.3 Å². The van der Waals surface area contributed by atoms with Gasteiger partial charge in [-0.2, -0.15) is 0 Å². The number of nitrogens with zero attached hydrogens (tertiary/aromatic N) is 2. The molecule has 0 radical (unpaired) electrons. The number of carbonyl (C=O) groups excluding carboxylic acids is 2. The molecule has 1 N–H and O–H groups in total. The van der Waals surface area contributed by atoms with Gasteiger partial charge in [-0.05, 0) is 41.7 Å². The fraction of sp³-hybridized carbons (Fsp3) is 0.500. The van der Waals surface area contributed by atoms with Crippen molar-refractivity contribution in [2.24, 2.45) is 4.99 Å². The summed E-state index contributed by atoms with van der Waals surface area (Å²) in [4.78, 5) is 32.6. The number of benzene rings is 1. The van der Waals surface area contributed by atoms with E-state index in [2.05, 4.69) is 43.4 Å². The van der Waals surface area contributed by atoms with Crippen LogP contribution in [0.2, 0.25) is 0 Å². The lowest BCUT2D eigenvalue weighted by Gasteiger charge is -2.36. The minimum absolute atomic E-state index is 0.0672. The topological polar surface area (TPSA) is 80.2 Å². The Labute approximate surface area is 205 Å². The molecule has 1 saturated heterocycles. The number of nitrogens with one attached hydrogen (secondary N) is 1. The number of allylic oxidation sites excluding steroid dienone is 1. The van der Waals surface area contributed by atoms with Crippen molar-refractivity contribution in [3.05, 3.63) is 57.8 Å². The van der Waals surface area contributed by atoms with Crippen molar-refractivity contribution < 1.29 is 19.1 Å². The highest BCUT2D eigenvalue weighted by molar-refractivity contribution is 8.16. The molecular weight excluding hydrogens is 450 g/mol. The minimum atomic E-state index is -0.400. The predicted molar refractivity (Wildman–Crippen MR) is 134 cm³/mol. The lowest BCUT2D eigenvalue weighted by atomic mass is 9.91. The molecule has 0 unspecified atom stereocenters. The summed E-state index contributed by atoms with van der Waals surface area (Å²) in [6.45, 7) is 7.58. The number of amidine groups is 1. The zero-order valence-electron chi connectivity index (χ0n) is 20.3. The third kappa shape index (κ3) is 5.08. The number of amides is 1. The Bertz CT molecular complexity index is 1020. The number of ether oxygens (including phenoxy) is 2. The molecule has 0 aliphatic carbocycles. The van der Waals surface area contributed by atoms with E-state index in [1.54, 1.807) is 0 Å². The maximum Gasteiger partial charge on any atom is 0.338 e. The first-order valence-corrected chi connectivity index (χ1v) is 12.8. The van der Waals surface area contributed by atoms with Crippen LogP contribution >= 0.6 is 11.8 Å². The van der Waals surface area contributed by atoms with Crippen LogP contribution in [0.1, 0.15) is 69.5 Å². The number of fused-ring (bicyclic) bond motifs is 1. The molecule has 2 atom stereocenters. The summed E-state index contributed by atoms with van der Waals surface area (Å²) in [5.74, 6) is -0.0521. The van der Waals surface area contributed by atoms with E-state index in [9.17, 15) is 9.59 Å². The van der Waals surface area contributed by atoms with Crippen LogP contribution in [0.3, 0.4) is 0 Å². The molecule has 182 valence electrons. The molecule has 4 rings (SSSR count). The summed E-state index contributed by atoms with van der Waals surface area (Å²) < 4.78 is 10.8. The molecule has 3 heterocycles. The Kier molecular flexibility index (Phi) is 7.78. The highest BCUT2D eigenvalue weighted by atomic mass is 32.2. The van der Waals surface area contributed by atoms with Crippen molar-refractivity contribution >= 4 is 28.8 Å². The van der Waals surface area contributed by atoms with E-state index < -0.39 is 12.0 Å². The average molecular weight is 484 g/mol. The smallest absolute Gasteiger partial charge is 0.338 e. The highest BCUT2D eigenvalue weighted by Crippen LogP contribution is 2.45. The van der Waals surface area contributed by atoms with Gasteiger partial charge in [0, 0.05) is 18.8 Å². The highest BCUT2D eigenvalue weighted by Gasteiger charge is 2.41. The van der Waals surface area contributed by atoms with Gasteiger partial charge in [0.1, 0.15) is 0 Å². The Balaban J connectivity index is 1.63. The van der Waals surface area contributed by atoms with Crippen LogP contribution < -0.4 is 5.32 Å². The predicted octanol–water partition coefficient (Wildman–Crippen LogP) is 4.63. The molecule has 0 saturated carbocycles. The lowest BCUT2D eigenvalue weighted by molar-refractivity contribution is -0.136. The third-order valence-electron chi connectivity index (χ3n) is 6.44. The van der Waals surface area contributed by atoms with Gasteiger partial charge in [0.2, 0.25) is 5.91 Å². The maximum atomic E-state index is 13.0. The SMILES string of the molecule is CCC1=C(C(=O)OC)[C@@H](c2ccc(C(C)C)cc2)N2C(CC(=O)NC[C@H]3CCCO3)=CSC2=N1. The van der Waals surface area contributed by atoms with Gasteiger partial charge in [-0.25, -0.2) is 9.79 Å². The minimum Gasteiger partial charge on any atom is -0.466 e. The summed E-state index contributed by atoms with van der Waals surface area (Å²) in [5, 5.41) is 5.75. The second-order valence-electron chi connectivity index (χ2n) is 9.04. The van der Waals surface area contributed by atoms with Gasteiger partial charge in [0.25, 0.3) is 0 Å². The van der Waals surface area contributed by atoms with Gasteiger partial charge in [-0.1, -0.05) is 56.8 Å². The van der Waals surface area contributed by atoms with E-state index in [4.69, 9.17) is 14.5 Å². The normalized spacial score (nSPS) is 22.0. The number of hydrogen-bond acceptors (Lipinski definition) is 7. The van der Waals surface area contributed by atoms with Gasteiger partial charge in [-0.15, -0.1) is 0 Å². The van der Waals surface area contributed by atoms with Crippen molar-refractivity contribution in [1.82, 2.24) is 10.2 Å². The van der Waals surface area contributed by atoms with E-state index in [1.807, 2.05) is 17.2 Å². The van der Waals surface area contributed by atoms with Crippen LogP contribution in [-0.4, -0.2) is 48.3 Å². The molecule has 7 nitrogen and oxygen atoms in total. The zero-order valence-corrected chi connectivity index (χ0v) is 21.1. The lowest BCUT2D eigenvalue weighted by Crippen LogP contribution is -2.39. The van der Waals surface area contributed by atoms with Crippen molar-refractivity contribution in [1.29, 1.82) is 0 Å². The average Bonchev–Trinajstić information content (AvgIpc) is 3.51. The molecule has 0 bridgehead atoms. The second kappa shape index (κ2) is 10.8. The van der Waals surface area contributed by atoms with Crippen molar-refractivity contribution in [2.45, 2.75) is 64.5 Å². The zero-order chi connectivity index (χ0) is 24.2. The summed E-state index contributed by atoms with van der Waals surface area (Å²) >= 11 is 1.49. The van der Waals surface area contributed by atoms with Crippen molar-refractivity contribution in [3.8, 4) is 0 Å². The standard InChI is InChI=1S/C26H33N3O4S/c1-5-21-23(25(31)32-4)24(18-10-8-17(9-11-18)16(2)3)29-19(15-34-26(29)28-21)13-22(30)27-14-20-7-6-12-33-20/h8-11,15-16,20,24H,5-7,12-14H2,1-4H3,(H,27,30)/t20-,24-/m1/s1. The Hall–Kier alpha value is -2.58. The van der Waals surface area contributed by atoms with Crippen LogP contribution in [0.5, 0.6) is 0 Å². The van der Waals surface area contributed by atoms with Gasteiger partial charge in [0.05, 0.1) is 36.9 Å². The van der Waals surface area contributed by atoms with Crippen LogP contribution in [0.15, 0.2) is 51.6 Å². The number of hydrogen-bond donors (Lipinski definition) is 1. The summed E-state index contributed by atoms with van der Waals surface area (Å²) in [7, 11) is 1.40. The fourth-order valence-electron chi connectivity index (χ4n) is 4.55. The van der Waals surface area contributed by atoms with E-state index in [0.717, 1.165) is 41.6 Å². The first-order valence-electron chi connectivity index (χ1n) is 12.0. The number of aliphatic imine (C=N–C) groups is 1. The maximum absolute atomic E-state index is 13.0.